The molecule has 0 aliphatic heterocycles. The Balaban J connectivity index is 1.17. The van der Waals surface area contributed by atoms with Crippen LogP contribution in [0.15, 0.2) is 194 Å². The number of rotatable bonds is 6. The van der Waals surface area contributed by atoms with Crippen LogP contribution in [-0.2, 0) is 0 Å². The Kier molecular flexibility index (Phi) is 7.77. The van der Waals surface area contributed by atoms with Crippen LogP contribution in [-0.4, -0.2) is 19.9 Å². The van der Waals surface area contributed by atoms with Crippen molar-refractivity contribution in [2.75, 3.05) is 0 Å². The fourth-order valence-corrected chi connectivity index (χ4v) is 7.50. The second-order valence-corrected chi connectivity index (χ2v) is 13.5. The summed E-state index contributed by atoms with van der Waals surface area (Å²) in [6.07, 6.45) is 3.71. The van der Waals surface area contributed by atoms with Crippen molar-refractivity contribution in [1.29, 1.82) is 0 Å². The largest absolute Gasteiger partial charge is 0.264 e. The third kappa shape index (κ3) is 5.76. The molecule has 0 unspecified atom stereocenters. The SMILES string of the molecule is c1ccc(-c2ccc(-c3nc(-c4ccccc4)nc(-c4cc(-c5cccnc5)cc(-c5ccc6c7ccccc7c7ccccc7c6c5)c4)n3)cc2)cc1. The fourth-order valence-electron chi connectivity index (χ4n) is 7.50. The number of hydrogen-bond acceptors (Lipinski definition) is 4. The van der Waals surface area contributed by atoms with Gasteiger partial charge in [-0.15, -0.1) is 0 Å². The van der Waals surface area contributed by atoms with E-state index in [-0.39, 0.29) is 0 Å². The van der Waals surface area contributed by atoms with Crippen molar-refractivity contribution < 1.29 is 0 Å². The highest BCUT2D eigenvalue weighted by atomic mass is 15.0. The molecule has 10 rings (SSSR count). The lowest BCUT2D eigenvalue weighted by atomic mass is 9.91. The summed E-state index contributed by atoms with van der Waals surface area (Å²) in [5, 5.41) is 7.48. The minimum Gasteiger partial charge on any atom is -0.264 e. The second-order valence-electron chi connectivity index (χ2n) is 13.5. The maximum atomic E-state index is 5.16. The van der Waals surface area contributed by atoms with E-state index in [9.17, 15) is 0 Å². The first-order valence-corrected chi connectivity index (χ1v) is 18.1. The normalized spacial score (nSPS) is 11.3. The molecule has 8 aromatic carbocycles. The molecular weight excluding hydrogens is 657 g/mol. The number of hydrogen-bond donors (Lipinski definition) is 0. The number of fused-ring (bicyclic) bond motifs is 6. The quantitative estimate of drug-likeness (QED) is 0.163. The van der Waals surface area contributed by atoms with Crippen LogP contribution in [0.25, 0.3) is 99.9 Å². The van der Waals surface area contributed by atoms with Gasteiger partial charge in [-0.1, -0.05) is 152 Å². The molecule has 0 amide bonds. The summed E-state index contributed by atoms with van der Waals surface area (Å²) < 4.78 is 0. The number of aromatic nitrogens is 4. The van der Waals surface area contributed by atoms with Crippen molar-refractivity contribution in [2.24, 2.45) is 0 Å². The molecule has 4 heteroatoms. The Labute approximate surface area is 313 Å². The van der Waals surface area contributed by atoms with Gasteiger partial charge in [0, 0.05) is 34.6 Å². The number of benzene rings is 8. The summed E-state index contributed by atoms with van der Waals surface area (Å²) in [6, 6.07) is 63.9. The third-order valence-corrected chi connectivity index (χ3v) is 10.2. The smallest absolute Gasteiger partial charge is 0.164 e. The average molecular weight is 689 g/mol. The van der Waals surface area contributed by atoms with Crippen molar-refractivity contribution in [3.63, 3.8) is 0 Å². The van der Waals surface area contributed by atoms with E-state index >= 15 is 0 Å². The molecule has 0 radical (unpaired) electrons. The van der Waals surface area contributed by atoms with E-state index in [1.54, 1.807) is 6.20 Å². The molecule has 0 spiro atoms. The zero-order chi connectivity index (χ0) is 35.8. The summed E-state index contributed by atoms with van der Waals surface area (Å²) in [4.78, 5) is 19.8. The predicted molar refractivity (Wildman–Crippen MR) is 223 cm³/mol. The van der Waals surface area contributed by atoms with E-state index in [1.165, 1.54) is 37.9 Å². The van der Waals surface area contributed by atoms with Gasteiger partial charge in [-0.3, -0.25) is 4.98 Å². The highest BCUT2D eigenvalue weighted by molar-refractivity contribution is 6.25. The Bertz CT molecular complexity index is 2930. The number of pyridine rings is 1. The van der Waals surface area contributed by atoms with Gasteiger partial charge in [0.05, 0.1) is 0 Å². The molecule has 0 saturated carbocycles. The van der Waals surface area contributed by atoms with E-state index < -0.39 is 0 Å². The van der Waals surface area contributed by atoms with Crippen LogP contribution in [0.3, 0.4) is 0 Å². The molecule has 0 fully saturated rings. The first kappa shape index (κ1) is 31.4. The molecular formula is C50H32N4. The van der Waals surface area contributed by atoms with Crippen LogP contribution >= 0.6 is 0 Å². The van der Waals surface area contributed by atoms with Gasteiger partial charge < -0.3 is 0 Å². The molecule has 0 atom stereocenters. The zero-order valence-electron chi connectivity index (χ0n) is 29.3. The first-order valence-electron chi connectivity index (χ1n) is 18.1. The summed E-state index contributed by atoms with van der Waals surface area (Å²) in [5.74, 6) is 1.85. The Morgan fingerprint density at radius 1 is 0.241 bits per heavy atom. The van der Waals surface area contributed by atoms with E-state index in [0.717, 1.165) is 44.5 Å². The van der Waals surface area contributed by atoms with Gasteiger partial charge in [0.15, 0.2) is 17.5 Å². The Hall–Kier alpha value is -7.30. The Morgan fingerprint density at radius 3 is 1.24 bits per heavy atom. The molecule has 4 nitrogen and oxygen atoms in total. The molecule has 54 heavy (non-hydrogen) atoms. The average Bonchev–Trinajstić information content (AvgIpc) is 3.27. The minimum absolute atomic E-state index is 0.607. The van der Waals surface area contributed by atoms with Crippen LogP contribution < -0.4 is 0 Å². The Morgan fingerprint density at radius 2 is 0.648 bits per heavy atom. The van der Waals surface area contributed by atoms with Crippen molar-refractivity contribution in [2.45, 2.75) is 0 Å². The lowest BCUT2D eigenvalue weighted by molar-refractivity contribution is 1.07. The van der Waals surface area contributed by atoms with Crippen molar-refractivity contribution >= 4 is 32.3 Å². The molecule has 0 saturated heterocycles. The molecule has 0 N–H and O–H groups in total. The fraction of sp³-hybridized carbons (Fsp3) is 0. The van der Waals surface area contributed by atoms with Gasteiger partial charge in [-0.2, -0.15) is 0 Å². The van der Waals surface area contributed by atoms with Crippen LogP contribution in [0.4, 0.5) is 0 Å². The van der Waals surface area contributed by atoms with Gasteiger partial charge in [-0.25, -0.2) is 15.0 Å². The van der Waals surface area contributed by atoms with E-state index in [1.807, 2.05) is 48.7 Å². The van der Waals surface area contributed by atoms with E-state index in [2.05, 4.69) is 145 Å². The maximum Gasteiger partial charge on any atom is 0.164 e. The van der Waals surface area contributed by atoms with Gasteiger partial charge in [0.2, 0.25) is 0 Å². The van der Waals surface area contributed by atoms with Crippen molar-refractivity contribution in [3.05, 3.63) is 194 Å². The predicted octanol–water partition coefficient (Wildman–Crippen LogP) is 12.7. The van der Waals surface area contributed by atoms with Crippen molar-refractivity contribution in [1.82, 2.24) is 19.9 Å². The summed E-state index contributed by atoms with van der Waals surface area (Å²) in [6.45, 7) is 0. The highest BCUT2D eigenvalue weighted by Gasteiger charge is 2.16. The van der Waals surface area contributed by atoms with Gasteiger partial charge >= 0.3 is 0 Å². The zero-order valence-corrected chi connectivity index (χ0v) is 29.3. The minimum atomic E-state index is 0.607. The molecule has 0 aliphatic carbocycles. The molecule has 0 aliphatic rings. The van der Waals surface area contributed by atoms with Crippen LogP contribution in [0.1, 0.15) is 0 Å². The lowest BCUT2D eigenvalue weighted by Gasteiger charge is -2.14. The van der Waals surface area contributed by atoms with Crippen molar-refractivity contribution in [3.8, 4) is 67.5 Å². The number of nitrogens with zero attached hydrogens (tertiary/aromatic N) is 4. The van der Waals surface area contributed by atoms with Crippen LogP contribution in [0, 0.1) is 0 Å². The maximum absolute atomic E-state index is 5.16. The van der Waals surface area contributed by atoms with Crippen LogP contribution in [0.2, 0.25) is 0 Å². The van der Waals surface area contributed by atoms with E-state index in [0.29, 0.717) is 17.5 Å². The van der Waals surface area contributed by atoms with Gasteiger partial charge in [0.25, 0.3) is 0 Å². The molecule has 2 aromatic heterocycles. The second kappa shape index (κ2) is 13.4. The van der Waals surface area contributed by atoms with E-state index in [4.69, 9.17) is 15.0 Å². The summed E-state index contributed by atoms with van der Waals surface area (Å²) in [7, 11) is 0. The monoisotopic (exact) mass is 688 g/mol. The molecule has 0 bridgehead atoms. The third-order valence-electron chi connectivity index (χ3n) is 10.2. The van der Waals surface area contributed by atoms with Gasteiger partial charge in [0.1, 0.15) is 0 Å². The summed E-state index contributed by atoms with van der Waals surface area (Å²) >= 11 is 0. The topological polar surface area (TPSA) is 51.6 Å². The summed E-state index contributed by atoms with van der Waals surface area (Å²) in [5.41, 5.74) is 9.30. The lowest BCUT2D eigenvalue weighted by Crippen LogP contribution is -2.00. The van der Waals surface area contributed by atoms with Gasteiger partial charge in [-0.05, 0) is 90.5 Å². The first-order chi connectivity index (χ1) is 26.7. The highest BCUT2D eigenvalue weighted by Crippen LogP contribution is 2.39. The van der Waals surface area contributed by atoms with Crippen LogP contribution in [0.5, 0.6) is 0 Å². The molecule has 10 aromatic rings. The molecule has 2 heterocycles. The molecule has 252 valence electrons. The standard InChI is InChI=1S/C50H32N4/c1-3-12-33(13-4-1)34-21-23-36(24-22-34)49-52-48(35-14-5-2-6-15-35)53-50(54-49)41-29-39(28-40(30-41)38-16-11-27-51-32-38)37-25-26-46-44-19-8-7-17-42(44)43-18-9-10-20-45(43)47(46)31-37/h1-32H.